The zero-order valence-electron chi connectivity index (χ0n) is 15.5. The van der Waals surface area contributed by atoms with Crippen LogP contribution in [0.1, 0.15) is 37.4 Å². The molecule has 0 aliphatic heterocycles. The standard InChI is InChI=1S/C21H19ClN4O2/c1-13-6-14(2)19(18(22)7-13)26-21(28)17-8-16(11-24-12-17)20(27)25-10-15-4-3-5-23-9-15/h3-9,11-12H,10H2,1-2H3,(H,25,27)(H,26,28). The first-order chi connectivity index (χ1) is 13.4. The van der Waals surface area contributed by atoms with E-state index in [1.165, 1.54) is 18.5 Å². The fraction of sp³-hybridized carbons (Fsp3) is 0.143. The molecule has 0 fully saturated rings. The van der Waals surface area contributed by atoms with Crippen molar-refractivity contribution in [2.75, 3.05) is 5.32 Å². The van der Waals surface area contributed by atoms with Gasteiger partial charge in [0, 0.05) is 31.3 Å². The van der Waals surface area contributed by atoms with Gasteiger partial charge >= 0.3 is 0 Å². The van der Waals surface area contributed by atoms with Crippen molar-refractivity contribution in [1.29, 1.82) is 0 Å². The highest BCUT2D eigenvalue weighted by atomic mass is 35.5. The van der Waals surface area contributed by atoms with Crippen LogP contribution in [0.15, 0.2) is 55.1 Å². The summed E-state index contributed by atoms with van der Waals surface area (Å²) in [5.41, 5.74) is 3.85. The molecule has 142 valence electrons. The number of hydrogen-bond donors (Lipinski definition) is 2. The number of amides is 2. The number of rotatable bonds is 5. The van der Waals surface area contributed by atoms with Crippen molar-refractivity contribution in [3.8, 4) is 0 Å². The summed E-state index contributed by atoms with van der Waals surface area (Å²) in [6.45, 7) is 4.14. The highest BCUT2D eigenvalue weighted by Gasteiger charge is 2.14. The van der Waals surface area contributed by atoms with Crippen molar-refractivity contribution < 1.29 is 9.59 Å². The minimum atomic E-state index is -0.386. The first-order valence-corrected chi connectivity index (χ1v) is 9.02. The van der Waals surface area contributed by atoms with Crippen molar-refractivity contribution in [3.05, 3.63) is 88.0 Å². The minimum absolute atomic E-state index is 0.269. The van der Waals surface area contributed by atoms with E-state index >= 15 is 0 Å². The molecule has 3 aromatic rings. The fourth-order valence-corrected chi connectivity index (χ4v) is 3.10. The molecule has 2 heterocycles. The number of nitrogens with one attached hydrogen (secondary N) is 2. The van der Waals surface area contributed by atoms with E-state index < -0.39 is 0 Å². The normalized spacial score (nSPS) is 10.4. The molecule has 6 nitrogen and oxygen atoms in total. The van der Waals surface area contributed by atoms with Gasteiger partial charge in [-0.15, -0.1) is 0 Å². The molecule has 0 radical (unpaired) electrons. The monoisotopic (exact) mass is 394 g/mol. The average molecular weight is 395 g/mol. The summed E-state index contributed by atoms with van der Waals surface area (Å²) in [4.78, 5) is 33.0. The predicted octanol–water partition coefficient (Wildman–Crippen LogP) is 3.93. The van der Waals surface area contributed by atoms with E-state index in [4.69, 9.17) is 11.6 Å². The Labute approximate surface area is 168 Å². The molecule has 2 N–H and O–H groups in total. The summed E-state index contributed by atoms with van der Waals surface area (Å²) in [6, 6.07) is 8.88. The number of benzene rings is 1. The lowest BCUT2D eigenvalue weighted by Crippen LogP contribution is -2.23. The SMILES string of the molecule is Cc1cc(C)c(NC(=O)c2cncc(C(=O)NCc3cccnc3)c2)c(Cl)c1. The van der Waals surface area contributed by atoms with E-state index in [0.29, 0.717) is 22.8 Å². The summed E-state index contributed by atoms with van der Waals surface area (Å²) >= 11 is 6.25. The van der Waals surface area contributed by atoms with Crippen LogP contribution in [-0.2, 0) is 6.54 Å². The van der Waals surface area contributed by atoms with Crippen LogP contribution in [-0.4, -0.2) is 21.8 Å². The number of nitrogens with zero attached hydrogens (tertiary/aromatic N) is 2. The summed E-state index contributed by atoms with van der Waals surface area (Å²) < 4.78 is 0. The van der Waals surface area contributed by atoms with Crippen LogP contribution >= 0.6 is 11.6 Å². The van der Waals surface area contributed by atoms with Crippen LogP contribution in [0.5, 0.6) is 0 Å². The first kappa shape index (κ1) is 19.5. The highest BCUT2D eigenvalue weighted by Crippen LogP contribution is 2.27. The van der Waals surface area contributed by atoms with Gasteiger partial charge in [-0.1, -0.05) is 23.7 Å². The third-order valence-corrected chi connectivity index (χ3v) is 4.41. The molecule has 0 saturated heterocycles. The third kappa shape index (κ3) is 4.72. The number of pyridine rings is 2. The molecular weight excluding hydrogens is 376 g/mol. The van der Waals surface area contributed by atoms with Crippen LogP contribution in [0.3, 0.4) is 0 Å². The second kappa shape index (κ2) is 8.63. The molecule has 0 atom stereocenters. The van der Waals surface area contributed by atoms with Crippen LogP contribution in [0.2, 0.25) is 5.02 Å². The number of aryl methyl sites for hydroxylation is 2. The molecule has 0 bridgehead atoms. The van der Waals surface area contributed by atoms with E-state index in [1.54, 1.807) is 24.5 Å². The maximum absolute atomic E-state index is 12.6. The van der Waals surface area contributed by atoms with Crippen molar-refractivity contribution >= 4 is 29.1 Å². The molecule has 2 amide bonds. The molecule has 7 heteroatoms. The Hall–Kier alpha value is -3.25. The number of hydrogen-bond acceptors (Lipinski definition) is 4. The molecular formula is C21H19ClN4O2. The Bertz CT molecular complexity index is 999. The molecule has 0 unspecified atom stereocenters. The van der Waals surface area contributed by atoms with Gasteiger partial charge in [0.05, 0.1) is 21.8 Å². The zero-order chi connectivity index (χ0) is 20.1. The van der Waals surface area contributed by atoms with E-state index in [-0.39, 0.29) is 17.4 Å². The quantitative estimate of drug-likeness (QED) is 0.686. The molecule has 0 aliphatic carbocycles. The Morgan fingerprint density at radius 3 is 2.43 bits per heavy atom. The van der Waals surface area contributed by atoms with Gasteiger partial charge in [0.25, 0.3) is 11.8 Å². The minimum Gasteiger partial charge on any atom is -0.348 e. The van der Waals surface area contributed by atoms with Crippen molar-refractivity contribution in [2.24, 2.45) is 0 Å². The maximum atomic E-state index is 12.6. The van der Waals surface area contributed by atoms with Gasteiger partial charge in [-0.2, -0.15) is 0 Å². The molecule has 0 saturated carbocycles. The summed E-state index contributed by atoms with van der Waals surface area (Å²) in [5.74, 6) is -0.709. The van der Waals surface area contributed by atoms with Crippen LogP contribution in [0.25, 0.3) is 0 Å². The van der Waals surface area contributed by atoms with Gasteiger partial charge in [-0.05, 0) is 48.7 Å². The molecule has 28 heavy (non-hydrogen) atoms. The average Bonchev–Trinajstić information content (AvgIpc) is 2.69. The third-order valence-electron chi connectivity index (χ3n) is 4.11. The van der Waals surface area contributed by atoms with Crippen molar-refractivity contribution in [1.82, 2.24) is 15.3 Å². The van der Waals surface area contributed by atoms with Crippen LogP contribution in [0, 0.1) is 13.8 Å². The summed E-state index contributed by atoms with van der Waals surface area (Å²) in [6.07, 6.45) is 6.17. The number of carbonyl (C=O) groups excluding carboxylic acids is 2. The smallest absolute Gasteiger partial charge is 0.257 e. The van der Waals surface area contributed by atoms with Gasteiger partial charge in [0.1, 0.15) is 0 Å². The van der Waals surface area contributed by atoms with Crippen molar-refractivity contribution in [2.45, 2.75) is 20.4 Å². The second-order valence-electron chi connectivity index (χ2n) is 6.40. The van der Waals surface area contributed by atoms with Gasteiger partial charge in [0.15, 0.2) is 0 Å². The Balaban J connectivity index is 1.72. The fourth-order valence-electron chi connectivity index (χ4n) is 2.74. The highest BCUT2D eigenvalue weighted by molar-refractivity contribution is 6.34. The first-order valence-electron chi connectivity index (χ1n) is 8.64. The van der Waals surface area contributed by atoms with E-state index in [0.717, 1.165) is 16.7 Å². The van der Waals surface area contributed by atoms with Gasteiger partial charge in [-0.25, -0.2) is 0 Å². The summed E-state index contributed by atoms with van der Waals surface area (Å²) in [7, 11) is 0. The van der Waals surface area contributed by atoms with E-state index in [1.807, 2.05) is 26.0 Å². The van der Waals surface area contributed by atoms with Crippen LogP contribution < -0.4 is 10.6 Å². The Morgan fingerprint density at radius 2 is 1.75 bits per heavy atom. The van der Waals surface area contributed by atoms with Gasteiger partial charge in [0.2, 0.25) is 0 Å². The van der Waals surface area contributed by atoms with Gasteiger partial charge in [-0.3, -0.25) is 19.6 Å². The molecule has 1 aromatic carbocycles. The lowest BCUT2D eigenvalue weighted by Gasteiger charge is -2.12. The molecule has 0 aliphatic rings. The lowest BCUT2D eigenvalue weighted by atomic mass is 10.1. The van der Waals surface area contributed by atoms with E-state index in [9.17, 15) is 9.59 Å². The zero-order valence-corrected chi connectivity index (χ0v) is 16.2. The summed E-state index contributed by atoms with van der Waals surface area (Å²) in [5, 5.41) is 6.04. The largest absolute Gasteiger partial charge is 0.348 e. The topological polar surface area (TPSA) is 84.0 Å². The maximum Gasteiger partial charge on any atom is 0.257 e. The number of aromatic nitrogens is 2. The second-order valence-corrected chi connectivity index (χ2v) is 6.81. The number of anilines is 1. The van der Waals surface area contributed by atoms with E-state index in [2.05, 4.69) is 20.6 Å². The predicted molar refractivity (Wildman–Crippen MR) is 109 cm³/mol. The molecule has 3 rings (SSSR count). The Kier molecular flexibility index (Phi) is 6.01. The van der Waals surface area contributed by atoms with Gasteiger partial charge < -0.3 is 10.6 Å². The van der Waals surface area contributed by atoms with Crippen LogP contribution in [0.4, 0.5) is 5.69 Å². The number of carbonyl (C=O) groups is 2. The lowest BCUT2D eigenvalue weighted by molar-refractivity contribution is 0.0950. The molecule has 2 aromatic heterocycles. The van der Waals surface area contributed by atoms with Crippen molar-refractivity contribution in [3.63, 3.8) is 0 Å². The molecule has 0 spiro atoms. The number of halogens is 1. The Morgan fingerprint density at radius 1 is 1.00 bits per heavy atom.